The number of carbonyl (C=O) groups excluding carboxylic acids is 3. The first-order valence-electron chi connectivity index (χ1n) is 13.1. The zero-order valence-electron chi connectivity index (χ0n) is 21.3. The summed E-state index contributed by atoms with van der Waals surface area (Å²) < 4.78 is 13.9. The van der Waals surface area contributed by atoms with Gasteiger partial charge in [0.05, 0.1) is 36.3 Å². The SMILES string of the molecule is CC1CC/C=C\[C@H]2OC34C=CCN(Cn5nnc6ccccc65)C(=O)[C@H]3N(C(C)CO)C(=O)[C@@H]4C2C(=O)O1. The number of ether oxygens (including phenoxy) is 2. The van der Waals surface area contributed by atoms with Crippen molar-refractivity contribution in [1.82, 2.24) is 24.8 Å². The Kier molecular flexibility index (Phi) is 6.07. The molecule has 1 N–H and O–H groups in total. The molecule has 1 aromatic carbocycles. The molecule has 6 rings (SSSR count). The van der Waals surface area contributed by atoms with E-state index in [4.69, 9.17) is 9.47 Å². The molecule has 11 nitrogen and oxygen atoms in total. The molecule has 11 heteroatoms. The quantitative estimate of drug-likeness (QED) is 0.467. The van der Waals surface area contributed by atoms with E-state index in [-0.39, 0.29) is 31.8 Å². The normalized spacial score (nSPS) is 34.6. The average molecular weight is 522 g/mol. The van der Waals surface area contributed by atoms with Gasteiger partial charge in [0.25, 0.3) is 5.91 Å². The zero-order chi connectivity index (χ0) is 26.6. The number of aliphatic hydroxyl groups is 1. The predicted molar refractivity (Wildman–Crippen MR) is 134 cm³/mol. The van der Waals surface area contributed by atoms with E-state index >= 15 is 0 Å². The lowest BCUT2D eigenvalue weighted by molar-refractivity contribution is -0.159. The molecule has 0 saturated carbocycles. The van der Waals surface area contributed by atoms with Gasteiger partial charge in [-0.3, -0.25) is 14.4 Å². The Morgan fingerprint density at radius 1 is 1.18 bits per heavy atom. The van der Waals surface area contributed by atoms with Crippen LogP contribution in [0.2, 0.25) is 0 Å². The van der Waals surface area contributed by atoms with Gasteiger partial charge in [0, 0.05) is 6.54 Å². The highest BCUT2D eigenvalue weighted by atomic mass is 16.6. The fourth-order valence-electron chi connectivity index (χ4n) is 6.31. The molecule has 2 aromatic rings. The molecular weight excluding hydrogens is 490 g/mol. The number of para-hydroxylation sites is 1. The molecule has 0 bridgehead atoms. The number of fused-ring (bicyclic) bond motifs is 3. The monoisotopic (exact) mass is 521 g/mol. The van der Waals surface area contributed by atoms with E-state index in [2.05, 4.69) is 10.3 Å². The second kappa shape index (κ2) is 9.32. The van der Waals surface area contributed by atoms with Crippen LogP contribution >= 0.6 is 0 Å². The summed E-state index contributed by atoms with van der Waals surface area (Å²) in [6.45, 7) is 3.54. The maximum absolute atomic E-state index is 14.3. The van der Waals surface area contributed by atoms with Crippen LogP contribution in [0.15, 0.2) is 48.6 Å². The highest BCUT2D eigenvalue weighted by molar-refractivity contribution is 5.99. The molecule has 4 unspecified atom stereocenters. The largest absolute Gasteiger partial charge is 0.462 e. The fraction of sp³-hybridized carbons (Fsp3) is 0.519. The lowest BCUT2D eigenvalue weighted by atomic mass is 9.78. The summed E-state index contributed by atoms with van der Waals surface area (Å²) in [5.41, 5.74) is 0.106. The number of aromatic nitrogens is 3. The number of aliphatic hydroxyl groups excluding tert-OH is 1. The number of hydrogen-bond donors (Lipinski definition) is 1. The third-order valence-electron chi connectivity index (χ3n) is 8.13. The Morgan fingerprint density at radius 2 is 2.00 bits per heavy atom. The van der Waals surface area contributed by atoms with E-state index in [1.54, 1.807) is 22.6 Å². The van der Waals surface area contributed by atoms with Crippen LogP contribution < -0.4 is 0 Å². The first-order valence-corrected chi connectivity index (χ1v) is 13.1. The number of nitrogens with zero attached hydrogens (tertiary/aromatic N) is 5. The number of hydrogen-bond acceptors (Lipinski definition) is 8. The molecule has 0 radical (unpaired) electrons. The van der Waals surface area contributed by atoms with Crippen LogP contribution in [-0.2, 0) is 30.5 Å². The molecule has 7 atom stereocenters. The number of amides is 2. The summed E-state index contributed by atoms with van der Waals surface area (Å²) in [6, 6.07) is 5.74. The first kappa shape index (κ1) is 24.7. The van der Waals surface area contributed by atoms with Crippen molar-refractivity contribution in [3.05, 3.63) is 48.6 Å². The summed E-state index contributed by atoms with van der Waals surface area (Å²) in [4.78, 5) is 44.7. The molecule has 2 fully saturated rings. The second-order valence-corrected chi connectivity index (χ2v) is 10.6. The summed E-state index contributed by atoms with van der Waals surface area (Å²) in [5.74, 6) is -3.10. The van der Waals surface area contributed by atoms with Gasteiger partial charge in [-0.05, 0) is 38.8 Å². The molecule has 1 spiro atoms. The Bertz CT molecular complexity index is 1340. The third-order valence-corrected chi connectivity index (χ3v) is 8.13. The highest BCUT2D eigenvalue weighted by Crippen LogP contribution is 2.53. The summed E-state index contributed by atoms with van der Waals surface area (Å²) in [5, 5.41) is 18.5. The Hall–Kier alpha value is -3.57. The Morgan fingerprint density at radius 3 is 2.82 bits per heavy atom. The molecular formula is C27H31N5O6. The van der Waals surface area contributed by atoms with Gasteiger partial charge in [0.2, 0.25) is 5.91 Å². The van der Waals surface area contributed by atoms with Gasteiger partial charge in [0.1, 0.15) is 29.7 Å². The molecule has 38 heavy (non-hydrogen) atoms. The van der Waals surface area contributed by atoms with Gasteiger partial charge in [-0.25, -0.2) is 4.68 Å². The maximum atomic E-state index is 14.3. The van der Waals surface area contributed by atoms with Crippen molar-refractivity contribution < 1.29 is 29.0 Å². The van der Waals surface area contributed by atoms with Gasteiger partial charge in [-0.1, -0.05) is 41.7 Å². The highest BCUT2D eigenvalue weighted by Gasteiger charge is 2.72. The number of esters is 1. The predicted octanol–water partition coefficient (Wildman–Crippen LogP) is 1.03. The van der Waals surface area contributed by atoms with Crippen molar-refractivity contribution in [2.24, 2.45) is 11.8 Å². The molecule has 0 aliphatic carbocycles. The molecule has 1 aromatic heterocycles. The minimum absolute atomic E-state index is 0.114. The first-order chi connectivity index (χ1) is 18.4. The minimum Gasteiger partial charge on any atom is -0.462 e. The van der Waals surface area contributed by atoms with Crippen LogP contribution in [0.1, 0.15) is 26.7 Å². The fourth-order valence-corrected chi connectivity index (χ4v) is 6.31. The van der Waals surface area contributed by atoms with Gasteiger partial charge in [0.15, 0.2) is 0 Å². The molecule has 4 aliphatic heterocycles. The van der Waals surface area contributed by atoms with Crippen molar-refractivity contribution in [1.29, 1.82) is 0 Å². The van der Waals surface area contributed by atoms with Crippen LogP contribution in [0, 0.1) is 11.8 Å². The van der Waals surface area contributed by atoms with E-state index < -0.39 is 47.5 Å². The smallest absolute Gasteiger partial charge is 0.313 e. The van der Waals surface area contributed by atoms with Crippen molar-refractivity contribution in [3.8, 4) is 0 Å². The van der Waals surface area contributed by atoms with E-state index in [9.17, 15) is 19.5 Å². The van der Waals surface area contributed by atoms with Crippen LogP contribution in [0.3, 0.4) is 0 Å². The lowest BCUT2D eigenvalue weighted by Crippen LogP contribution is -2.57. The summed E-state index contributed by atoms with van der Waals surface area (Å²) in [6.07, 6.45) is 7.72. The Balaban J connectivity index is 1.41. The Labute approximate surface area is 219 Å². The molecule has 200 valence electrons. The van der Waals surface area contributed by atoms with Crippen LogP contribution in [0.5, 0.6) is 0 Å². The summed E-state index contributed by atoms with van der Waals surface area (Å²) >= 11 is 0. The third kappa shape index (κ3) is 3.67. The number of cyclic esters (lactones) is 1. The number of rotatable bonds is 4. The van der Waals surface area contributed by atoms with Crippen molar-refractivity contribution in [2.75, 3.05) is 13.2 Å². The molecule has 2 saturated heterocycles. The van der Waals surface area contributed by atoms with E-state index in [1.165, 1.54) is 4.90 Å². The van der Waals surface area contributed by atoms with E-state index in [0.29, 0.717) is 18.4 Å². The topological polar surface area (TPSA) is 127 Å². The minimum atomic E-state index is -1.38. The van der Waals surface area contributed by atoms with Crippen LogP contribution in [0.25, 0.3) is 11.0 Å². The molecule has 4 aliphatic rings. The number of allylic oxidation sites excluding steroid dienone is 1. The van der Waals surface area contributed by atoms with Crippen molar-refractivity contribution >= 4 is 28.8 Å². The standard InChI is InChI=1S/C27H31N5O6/c1-16(14-33)32-23-25(35)30(15-31-19-10-5-4-9-18(19)28-29-31)13-7-12-27(23)22(24(32)34)21-20(38-27)11-6-3-8-17(2)37-26(21)36/h4-7,9-12,16-17,20-23,33H,3,8,13-15H2,1-2H3/b11-6-/t16?,17?,20-,21?,22+,23-,27?/m1/s1. The zero-order valence-corrected chi connectivity index (χ0v) is 21.3. The van der Waals surface area contributed by atoms with Gasteiger partial charge < -0.3 is 24.4 Å². The average Bonchev–Trinajstić information content (AvgIpc) is 3.51. The number of carbonyl (C=O) groups is 3. The van der Waals surface area contributed by atoms with Crippen molar-refractivity contribution in [2.45, 2.75) is 63.3 Å². The molecule has 2 amide bonds. The number of likely N-dealkylation sites (tertiary alicyclic amines) is 1. The van der Waals surface area contributed by atoms with Gasteiger partial charge >= 0.3 is 5.97 Å². The van der Waals surface area contributed by atoms with Gasteiger partial charge in [-0.2, -0.15) is 0 Å². The summed E-state index contributed by atoms with van der Waals surface area (Å²) in [7, 11) is 0. The van der Waals surface area contributed by atoms with Gasteiger partial charge in [-0.15, -0.1) is 5.10 Å². The molecule has 5 heterocycles. The van der Waals surface area contributed by atoms with Crippen molar-refractivity contribution in [3.63, 3.8) is 0 Å². The lowest BCUT2D eigenvalue weighted by Gasteiger charge is -2.37. The van der Waals surface area contributed by atoms with Crippen LogP contribution in [-0.4, -0.2) is 90.7 Å². The maximum Gasteiger partial charge on any atom is 0.313 e. The second-order valence-electron chi connectivity index (χ2n) is 10.6. The van der Waals surface area contributed by atoms with Crippen LogP contribution in [0.4, 0.5) is 0 Å². The van der Waals surface area contributed by atoms with E-state index in [1.807, 2.05) is 49.4 Å². The number of benzene rings is 1. The van der Waals surface area contributed by atoms with E-state index in [0.717, 1.165) is 5.52 Å².